The minimum absolute atomic E-state index is 0. The topological polar surface area (TPSA) is 29.5 Å². The predicted molar refractivity (Wildman–Crippen MR) is 78.6 cm³/mol. The second-order valence-electron chi connectivity index (χ2n) is 4.54. The first-order valence-electron chi connectivity index (χ1n) is 6.48. The van der Waals surface area contributed by atoms with Crippen LogP contribution in [-0.4, -0.2) is 17.4 Å². The van der Waals surface area contributed by atoms with E-state index in [0.717, 1.165) is 31.5 Å². The molecule has 4 heteroatoms. The molecule has 0 aromatic heterocycles. The third-order valence-corrected chi connectivity index (χ3v) is 3.13. The van der Waals surface area contributed by atoms with Gasteiger partial charge in [-0.2, -0.15) is 0 Å². The standard InChI is InChI=1S/C15H19NO2.ClH/c1-3-4-7-10-16-12(2)11-18-14-9-6-5-8-13(14)15(16)17;/h5-6,8-9,11H,3-4,7,10H2,1-2H3;1H. The fraction of sp³-hybridized carbons (Fsp3) is 0.400. The van der Waals surface area contributed by atoms with Crippen LogP contribution in [0.1, 0.15) is 43.5 Å². The lowest BCUT2D eigenvalue weighted by atomic mass is 10.1. The maximum atomic E-state index is 12.4. The van der Waals surface area contributed by atoms with E-state index < -0.39 is 0 Å². The van der Waals surface area contributed by atoms with Crippen LogP contribution >= 0.6 is 12.4 Å². The van der Waals surface area contributed by atoms with Crippen LogP contribution in [-0.2, 0) is 0 Å². The number of benzene rings is 1. The molecule has 0 radical (unpaired) electrons. The summed E-state index contributed by atoms with van der Waals surface area (Å²) in [6, 6.07) is 7.39. The second-order valence-corrected chi connectivity index (χ2v) is 4.54. The monoisotopic (exact) mass is 281 g/mol. The number of ether oxygens (including phenoxy) is 1. The molecule has 104 valence electrons. The SMILES string of the molecule is CCCCCN1C(=O)c2ccccc2OC=C1C.Cl. The Balaban J connectivity index is 0.00000180. The number of nitrogens with zero attached hydrogens (tertiary/aromatic N) is 1. The van der Waals surface area contributed by atoms with Gasteiger partial charge in [-0.1, -0.05) is 31.9 Å². The van der Waals surface area contributed by atoms with Gasteiger partial charge in [0.2, 0.25) is 0 Å². The van der Waals surface area contributed by atoms with Gasteiger partial charge in [-0.25, -0.2) is 0 Å². The summed E-state index contributed by atoms with van der Waals surface area (Å²) in [5, 5.41) is 0. The zero-order valence-electron chi connectivity index (χ0n) is 11.4. The molecule has 0 saturated carbocycles. The van der Waals surface area contributed by atoms with Gasteiger partial charge in [0, 0.05) is 6.54 Å². The minimum atomic E-state index is 0. The normalized spacial score (nSPS) is 13.9. The van der Waals surface area contributed by atoms with Crippen molar-refractivity contribution < 1.29 is 9.53 Å². The first-order chi connectivity index (χ1) is 8.74. The Hall–Kier alpha value is -1.48. The average molecular weight is 282 g/mol. The van der Waals surface area contributed by atoms with Gasteiger partial charge in [0.15, 0.2) is 0 Å². The summed E-state index contributed by atoms with van der Waals surface area (Å²) in [6.07, 6.45) is 4.97. The van der Waals surface area contributed by atoms with Gasteiger partial charge < -0.3 is 9.64 Å². The van der Waals surface area contributed by atoms with Gasteiger partial charge in [0.25, 0.3) is 5.91 Å². The predicted octanol–water partition coefficient (Wildman–Crippen LogP) is 3.99. The lowest BCUT2D eigenvalue weighted by molar-refractivity contribution is 0.0805. The van der Waals surface area contributed by atoms with Crippen molar-refractivity contribution in [1.82, 2.24) is 4.90 Å². The molecule has 0 aliphatic carbocycles. The van der Waals surface area contributed by atoms with E-state index in [0.29, 0.717) is 11.3 Å². The van der Waals surface area contributed by atoms with Crippen LogP contribution < -0.4 is 4.74 Å². The van der Waals surface area contributed by atoms with E-state index in [4.69, 9.17) is 4.74 Å². The Morgan fingerprint density at radius 3 is 2.68 bits per heavy atom. The summed E-state index contributed by atoms with van der Waals surface area (Å²) in [4.78, 5) is 14.3. The molecule has 0 spiro atoms. The number of rotatable bonds is 4. The largest absolute Gasteiger partial charge is 0.462 e. The molecule has 0 atom stereocenters. The second kappa shape index (κ2) is 7.19. The van der Waals surface area contributed by atoms with Gasteiger partial charge in [-0.3, -0.25) is 4.79 Å². The van der Waals surface area contributed by atoms with E-state index in [2.05, 4.69) is 6.92 Å². The van der Waals surface area contributed by atoms with Gasteiger partial charge in [0.05, 0.1) is 11.3 Å². The molecule has 1 aliphatic heterocycles. The number of fused-ring (bicyclic) bond motifs is 1. The van der Waals surface area contributed by atoms with Crippen LogP contribution in [0.4, 0.5) is 0 Å². The molecule has 1 aliphatic rings. The number of hydrogen-bond donors (Lipinski definition) is 0. The van der Waals surface area contributed by atoms with E-state index in [1.807, 2.05) is 36.1 Å². The summed E-state index contributed by atoms with van der Waals surface area (Å²) in [5.74, 6) is 0.674. The van der Waals surface area contributed by atoms with E-state index in [1.165, 1.54) is 0 Å². The van der Waals surface area contributed by atoms with Crippen molar-refractivity contribution in [2.24, 2.45) is 0 Å². The first kappa shape index (κ1) is 15.6. The summed E-state index contributed by atoms with van der Waals surface area (Å²) in [6.45, 7) is 4.83. The number of hydrogen-bond acceptors (Lipinski definition) is 2. The Bertz CT molecular complexity index is 471. The van der Waals surface area contributed by atoms with Crippen molar-refractivity contribution in [3.63, 3.8) is 0 Å². The molecule has 1 aromatic carbocycles. The Morgan fingerprint density at radius 2 is 1.95 bits per heavy atom. The highest BCUT2D eigenvalue weighted by Crippen LogP contribution is 2.25. The zero-order valence-corrected chi connectivity index (χ0v) is 12.2. The minimum Gasteiger partial charge on any atom is -0.462 e. The van der Waals surface area contributed by atoms with Crippen molar-refractivity contribution in [1.29, 1.82) is 0 Å². The molecular weight excluding hydrogens is 262 g/mol. The highest BCUT2D eigenvalue weighted by molar-refractivity contribution is 5.98. The molecule has 1 aromatic rings. The molecule has 19 heavy (non-hydrogen) atoms. The third kappa shape index (κ3) is 3.51. The maximum Gasteiger partial charge on any atom is 0.261 e. The number of carbonyl (C=O) groups is 1. The van der Waals surface area contributed by atoms with Gasteiger partial charge in [0.1, 0.15) is 12.0 Å². The van der Waals surface area contributed by atoms with Crippen molar-refractivity contribution in [2.75, 3.05) is 6.54 Å². The van der Waals surface area contributed by atoms with E-state index in [1.54, 1.807) is 6.26 Å². The number of carbonyl (C=O) groups excluding carboxylic acids is 1. The highest BCUT2D eigenvalue weighted by Gasteiger charge is 2.23. The van der Waals surface area contributed by atoms with Crippen molar-refractivity contribution in [3.05, 3.63) is 41.8 Å². The van der Waals surface area contributed by atoms with Gasteiger partial charge in [-0.05, 0) is 25.5 Å². The first-order valence-corrected chi connectivity index (χ1v) is 6.48. The van der Waals surface area contributed by atoms with Crippen molar-refractivity contribution in [3.8, 4) is 5.75 Å². The lowest BCUT2D eigenvalue weighted by Gasteiger charge is -2.21. The fourth-order valence-electron chi connectivity index (χ4n) is 2.06. The number of unbranched alkanes of at least 4 members (excludes halogenated alkanes) is 2. The molecule has 1 amide bonds. The molecule has 0 fully saturated rings. The molecule has 0 unspecified atom stereocenters. The smallest absolute Gasteiger partial charge is 0.261 e. The molecular formula is C15H20ClNO2. The molecule has 2 rings (SSSR count). The van der Waals surface area contributed by atoms with Gasteiger partial charge >= 0.3 is 0 Å². The summed E-state index contributed by atoms with van der Waals surface area (Å²) < 4.78 is 5.54. The number of amides is 1. The van der Waals surface area contributed by atoms with Gasteiger partial charge in [-0.15, -0.1) is 12.4 Å². The zero-order chi connectivity index (χ0) is 13.0. The van der Waals surface area contributed by atoms with E-state index >= 15 is 0 Å². The Labute approximate surface area is 120 Å². The molecule has 1 heterocycles. The van der Waals surface area contributed by atoms with Crippen LogP contribution in [0.2, 0.25) is 0 Å². The number of halogens is 1. The number of para-hydroxylation sites is 1. The molecule has 0 bridgehead atoms. The van der Waals surface area contributed by atoms with Crippen molar-refractivity contribution >= 4 is 18.3 Å². The molecule has 0 saturated heterocycles. The fourth-order valence-corrected chi connectivity index (χ4v) is 2.06. The average Bonchev–Trinajstić information content (AvgIpc) is 2.51. The quantitative estimate of drug-likeness (QED) is 0.781. The van der Waals surface area contributed by atoms with E-state index in [-0.39, 0.29) is 18.3 Å². The van der Waals surface area contributed by atoms with Crippen molar-refractivity contribution in [2.45, 2.75) is 33.1 Å². The Kier molecular flexibility index (Phi) is 5.90. The van der Waals surface area contributed by atoms with Crippen LogP contribution in [0.3, 0.4) is 0 Å². The van der Waals surface area contributed by atoms with E-state index in [9.17, 15) is 4.79 Å². The lowest BCUT2D eigenvalue weighted by Crippen LogP contribution is -2.29. The highest BCUT2D eigenvalue weighted by atomic mass is 35.5. The molecule has 0 N–H and O–H groups in total. The summed E-state index contributed by atoms with van der Waals surface area (Å²) in [7, 11) is 0. The van der Waals surface area contributed by atoms with Crippen LogP contribution in [0.25, 0.3) is 0 Å². The van der Waals surface area contributed by atoms with Crippen LogP contribution in [0, 0.1) is 0 Å². The number of allylic oxidation sites excluding steroid dienone is 1. The maximum absolute atomic E-state index is 12.4. The third-order valence-electron chi connectivity index (χ3n) is 3.13. The summed E-state index contributed by atoms with van der Waals surface area (Å²) >= 11 is 0. The summed E-state index contributed by atoms with van der Waals surface area (Å²) in [5.41, 5.74) is 1.51. The Morgan fingerprint density at radius 1 is 1.21 bits per heavy atom. The van der Waals surface area contributed by atoms with Crippen LogP contribution in [0.15, 0.2) is 36.2 Å². The van der Waals surface area contributed by atoms with Crippen LogP contribution in [0.5, 0.6) is 5.75 Å². The molecule has 3 nitrogen and oxygen atoms in total.